The Balaban J connectivity index is 1.63. The second-order valence-corrected chi connectivity index (χ2v) is 9.12. The largest absolute Gasteiger partial charge is 0.419 e. The zero-order valence-corrected chi connectivity index (χ0v) is 21.2. The molecule has 3 aromatic rings. The van der Waals surface area contributed by atoms with Crippen LogP contribution in [0.15, 0.2) is 30.6 Å². The normalized spacial score (nSPS) is 20.1. The Morgan fingerprint density at radius 3 is 2.49 bits per heavy atom. The number of pyridine rings is 1. The first-order chi connectivity index (χ1) is 17.4. The van der Waals surface area contributed by atoms with Gasteiger partial charge in [0.05, 0.1) is 35.1 Å². The average Bonchev–Trinajstić information content (AvgIpc) is 2.81. The van der Waals surface area contributed by atoms with E-state index in [1.165, 1.54) is 6.92 Å². The molecule has 1 saturated heterocycles. The summed E-state index contributed by atoms with van der Waals surface area (Å²) >= 11 is 0. The third kappa shape index (κ3) is 5.85. The number of carbonyl (C=O) groups excluding carboxylic acids is 1. The molecule has 0 saturated carbocycles. The average molecular weight is 516 g/mol. The van der Waals surface area contributed by atoms with E-state index >= 15 is 0 Å². The van der Waals surface area contributed by atoms with Crippen molar-refractivity contribution in [1.82, 2.24) is 29.8 Å². The molecule has 196 valence electrons. The second kappa shape index (κ2) is 10.4. The van der Waals surface area contributed by atoms with Crippen LogP contribution in [-0.2, 0) is 10.9 Å². The number of morpholine rings is 1. The van der Waals surface area contributed by atoms with E-state index < -0.39 is 17.8 Å². The Bertz CT molecular complexity index is 1300. The predicted octanol–water partition coefficient (Wildman–Crippen LogP) is 4.00. The predicted molar refractivity (Wildman–Crippen MR) is 130 cm³/mol. The van der Waals surface area contributed by atoms with Gasteiger partial charge in [-0.1, -0.05) is 0 Å². The van der Waals surface area contributed by atoms with E-state index in [2.05, 4.69) is 30.2 Å². The van der Waals surface area contributed by atoms with Gasteiger partial charge in [0.15, 0.2) is 5.82 Å². The number of anilines is 1. The van der Waals surface area contributed by atoms with E-state index in [0.29, 0.717) is 23.6 Å². The Kier molecular flexibility index (Phi) is 7.39. The van der Waals surface area contributed by atoms with E-state index in [1.807, 2.05) is 20.8 Å². The van der Waals surface area contributed by atoms with Gasteiger partial charge in [-0.3, -0.25) is 4.79 Å². The fourth-order valence-corrected chi connectivity index (χ4v) is 4.32. The van der Waals surface area contributed by atoms with Gasteiger partial charge in [0.2, 0.25) is 5.95 Å². The zero-order valence-electron chi connectivity index (χ0n) is 21.2. The van der Waals surface area contributed by atoms with E-state index in [9.17, 15) is 18.0 Å². The Morgan fingerprint density at radius 2 is 1.81 bits per heavy atom. The van der Waals surface area contributed by atoms with Crippen molar-refractivity contribution >= 4 is 11.9 Å². The summed E-state index contributed by atoms with van der Waals surface area (Å²) in [5, 5.41) is 2.97. The number of rotatable bonds is 5. The summed E-state index contributed by atoms with van der Waals surface area (Å²) in [5.41, 5.74) is 1.07. The van der Waals surface area contributed by atoms with E-state index in [1.54, 1.807) is 36.2 Å². The molecule has 0 bridgehead atoms. The summed E-state index contributed by atoms with van der Waals surface area (Å²) < 4.78 is 45.2. The van der Waals surface area contributed by atoms with Crippen LogP contribution in [0.25, 0.3) is 11.4 Å². The molecule has 0 spiro atoms. The number of hydrogen-bond acceptors (Lipinski definition) is 8. The van der Waals surface area contributed by atoms with Gasteiger partial charge in [-0.25, -0.2) is 24.9 Å². The van der Waals surface area contributed by atoms with Crippen molar-refractivity contribution in [2.45, 2.75) is 59.0 Å². The molecule has 1 N–H and O–H groups in total. The number of aryl methyl sites for hydroxylation is 3. The van der Waals surface area contributed by atoms with Gasteiger partial charge in [-0.15, -0.1) is 0 Å². The molecule has 4 rings (SSSR count). The summed E-state index contributed by atoms with van der Waals surface area (Å²) in [6.07, 6.45) is -2.76. The molecule has 0 aliphatic carbocycles. The van der Waals surface area contributed by atoms with Crippen LogP contribution < -0.4 is 5.32 Å². The first-order valence-corrected chi connectivity index (χ1v) is 11.8. The number of hydrogen-bond donors (Lipinski definition) is 1. The highest BCUT2D eigenvalue weighted by molar-refractivity contribution is 5.98. The molecule has 0 aromatic carbocycles. The van der Waals surface area contributed by atoms with Gasteiger partial charge in [0.25, 0.3) is 5.91 Å². The number of halogens is 3. The maximum absolute atomic E-state index is 13.9. The summed E-state index contributed by atoms with van der Waals surface area (Å²) in [4.78, 5) is 36.7. The van der Waals surface area contributed by atoms with Crippen molar-refractivity contribution in [3.63, 3.8) is 0 Å². The van der Waals surface area contributed by atoms with Gasteiger partial charge in [-0.05, 0) is 52.8 Å². The summed E-state index contributed by atoms with van der Waals surface area (Å²) in [5.74, 6) is 0.113. The van der Waals surface area contributed by atoms with Gasteiger partial charge >= 0.3 is 6.18 Å². The molecule has 12 heteroatoms. The Morgan fingerprint density at radius 1 is 1.08 bits per heavy atom. The molecule has 1 fully saturated rings. The highest BCUT2D eigenvalue weighted by atomic mass is 19.4. The topological polar surface area (TPSA) is 106 Å². The van der Waals surface area contributed by atoms with Crippen LogP contribution in [0.5, 0.6) is 0 Å². The molecule has 1 aliphatic heterocycles. The van der Waals surface area contributed by atoms with Crippen LogP contribution in [0.2, 0.25) is 0 Å². The highest BCUT2D eigenvalue weighted by Crippen LogP contribution is 2.31. The minimum absolute atomic E-state index is 0.0336. The molecule has 3 atom stereocenters. The summed E-state index contributed by atoms with van der Waals surface area (Å²) in [7, 11) is 0. The van der Waals surface area contributed by atoms with Crippen LogP contribution in [-0.4, -0.2) is 67.1 Å². The number of amides is 1. The molecule has 1 aliphatic rings. The summed E-state index contributed by atoms with van der Waals surface area (Å²) in [6, 6.07) is 4.88. The van der Waals surface area contributed by atoms with Crippen molar-refractivity contribution < 1.29 is 22.7 Å². The Labute approximate surface area is 212 Å². The lowest BCUT2D eigenvalue weighted by atomic mass is 10.0. The van der Waals surface area contributed by atoms with Crippen molar-refractivity contribution in [2.75, 3.05) is 18.4 Å². The summed E-state index contributed by atoms with van der Waals surface area (Å²) in [6.45, 7) is 9.08. The first kappa shape index (κ1) is 26.4. The molecule has 0 radical (unpaired) electrons. The van der Waals surface area contributed by atoms with Crippen LogP contribution in [0, 0.1) is 20.8 Å². The van der Waals surface area contributed by atoms with Crippen LogP contribution in [0.1, 0.15) is 47.0 Å². The lowest BCUT2D eigenvalue weighted by Gasteiger charge is -2.42. The molecule has 0 unspecified atom stereocenters. The quantitative estimate of drug-likeness (QED) is 0.544. The number of carbonyl (C=O) groups is 1. The number of nitrogens with one attached hydrogen (secondary N) is 1. The van der Waals surface area contributed by atoms with Gasteiger partial charge in [-0.2, -0.15) is 13.2 Å². The fraction of sp³-hybridized carbons (Fsp3) is 0.440. The third-order valence-corrected chi connectivity index (χ3v) is 6.13. The van der Waals surface area contributed by atoms with E-state index in [-0.39, 0.29) is 42.0 Å². The highest BCUT2D eigenvalue weighted by Gasteiger charge is 2.38. The number of nitrogens with zero attached hydrogens (tertiary/aromatic N) is 6. The molecule has 1 amide bonds. The van der Waals surface area contributed by atoms with Crippen LogP contribution >= 0.6 is 0 Å². The van der Waals surface area contributed by atoms with Gasteiger partial charge in [0, 0.05) is 36.9 Å². The zero-order chi connectivity index (χ0) is 26.9. The van der Waals surface area contributed by atoms with Crippen molar-refractivity contribution in [1.29, 1.82) is 0 Å². The molecule has 37 heavy (non-hydrogen) atoms. The second-order valence-electron chi connectivity index (χ2n) is 9.12. The monoisotopic (exact) mass is 515 g/mol. The SMILES string of the molecule is Cc1ccnc(-c2ccc(C)nc2C(=O)N2C[C@@H](C)O[C@@H](C)[C@H]2CNc2ncc(C(F)(F)F)c(C)n2)n1. The third-order valence-electron chi connectivity index (χ3n) is 6.13. The van der Waals surface area contributed by atoms with Crippen molar-refractivity contribution in [2.24, 2.45) is 0 Å². The molecular formula is C25H28F3N7O2. The smallest absolute Gasteiger partial charge is 0.372 e. The van der Waals surface area contributed by atoms with Crippen LogP contribution in [0.3, 0.4) is 0 Å². The maximum atomic E-state index is 13.9. The number of alkyl halides is 3. The van der Waals surface area contributed by atoms with E-state index in [4.69, 9.17) is 4.74 Å². The molecule has 3 aromatic heterocycles. The lowest BCUT2D eigenvalue weighted by molar-refractivity contribution is -0.138. The standard InChI is InChI=1S/C25H28F3N7O2/c1-13-6-7-18(22-29-9-8-14(2)33-22)21(32-13)23(36)35-12-15(3)37-17(5)20(35)11-31-24-30-10-19(16(4)34-24)25(26,27)28/h6-10,15,17,20H,11-12H2,1-5H3,(H,30,31,34)/t15-,17+,20-/m1/s1. The fourth-order valence-electron chi connectivity index (χ4n) is 4.32. The van der Waals surface area contributed by atoms with Crippen molar-refractivity contribution in [3.05, 3.63) is 58.9 Å². The lowest BCUT2D eigenvalue weighted by Crippen LogP contribution is -2.58. The molecule has 9 nitrogen and oxygen atoms in total. The Hall–Kier alpha value is -3.67. The van der Waals surface area contributed by atoms with Gasteiger partial charge < -0.3 is 15.0 Å². The molecule has 4 heterocycles. The van der Waals surface area contributed by atoms with Gasteiger partial charge in [0.1, 0.15) is 5.69 Å². The molecular weight excluding hydrogens is 487 g/mol. The first-order valence-electron chi connectivity index (χ1n) is 11.8. The minimum atomic E-state index is -4.53. The van der Waals surface area contributed by atoms with Crippen molar-refractivity contribution in [3.8, 4) is 11.4 Å². The van der Waals surface area contributed by atoms with E-state index in [0.717, 1.165) is 11.9 Å². The van der Waals surface area contributed by atoms with Crippen LogP contribution in [0.4, 0.5) is 19.1 Å². The number of ether oxygens (including phenoxy) is 1. The number of aromatic nitrogens is 5. The minimum Gasteiger partial charge on any atom is -0.372 e. The maximum Gasteiger partial charge on any atom is 0.419 e.